The zero-order chi connectivity index (χ0) is 26.8. The van der Waals surface area contributed by atoms with Gasteiger partial charge in [0.25, 0.3) is 17.6 Å². The molecule has 0 atom stereocenters. The van der Waals surface area contributed by atoms with Crippen LogP contribution >= 0.6 is 0 Å². The Bertz CT molecular complexity index is 1570. The third-order valence-corrected chi connectivity index (χ3v) is 6.46. The molecule has 2 aromatic carbocycles. The molecule has 0 fully saturated rings. The topological polar surface area (TPSA) is 124 Å². The molecule has 2 aromatic heterocycles. The van der Waals surface area contributed by atoms with Gasteiger partial charge in [0, 0.05) is 41.9 Å². The fourth-order valence-electron chi connectivity index (χ4n) is 4.63. The molecular formula is C28H26N4O6. The Morgan fingerprint density at radius 1 is 1.08 bits per heavy atom. The van der Waals surface area contributed by atoms with E-state index < -0.39 is 23.6 Å². The van der Waals surface area contributed by atoms with Crippen molar-refractivity contribution in [1.29, 1.82) is 0 Å². The van der Waals surface area contributed by atoms with E-state index in [2.05, 4.69) is 10.5 Å². The van der Waals surface area contributed by atoms with Crippen molar-refractivity contribution in [2.45, 2.75) is 33.4 Å². The van der Waals surface area contributed by atoms with Crippen molar-refractivity contribution in [1.82, 2.24) is 14.6 Å². The second kappa shape index (κ2) is 10.3. The van der Waals surface area contributed by atoms with Crippen LogP contribution in [0.15, 0.2) is 59.3 Å². The van der Waals surface area contributed by atoms with Crippen LogP contribution in [-0.2, 0) is 33.8 Å². The summed E-state index contributed by atoms with van der Waals surface area (Å²) in [6.45, 7) is 4.25. The maximum Gasteiger partial charge on any atom is 0.325 e. The first kappa shape index (κ1) is 24.9. The first-order valence-electron chi connectivity index (χ1n) is 12.3. The van der Waals surface area contributed by atoms with Gasteiger partial charge in [-0.2, -0.15) is 0 Å². The van der Waals surface area contributed by atoms with E-state index in [1.165, 1.54) is 17.2 Å². The number of esters is 1. The number of fused-ring (bicyclic) bond motifs is 2. The molecule has 0 bridgehead atoms. The average Bonchev–Trinajstić information content (AvgIpc) is 3.51. The van der Waals surface area contributed by atoms with E-state index in [-0.39, 0.29) is 24.4 Å². The Kier molecular flexibility index (Phi) is 6.78. The van der Waals surface area contributed by atoms with Gasteiger partial charge in [-0.3, -0.25) is 19.2 Å². The van der Waals surface area contributed by atoms with Crippen molar-refractivity contribution in [3.8, 4) is 0 Å². The van der Waals surface area contributed by atoms with Gasteiger partial charge < -0.3 is 24.0 Å². The van der Waals surface area contributed by atoms with Crippen molar-refractivity contribution in [3.05, 3.63) is 82.9 Å². The Hall–Kier alpha value is -4.73. The van der Waals surface area contributed by atoms with Crippen LogP contribution in [-0.4, -0.2) is 51.3 Å². The Morgan fingerprint density at radius 2 is 1.87 bits per heavy atom. The normalized spacial score (nSPS) is 12.7. The molecule has 10 nitrogen and oxygen atoms in total. The summed E-state index contributed by atoms with van der Waals surface area (Å²) >= 11 is 0. The van der Waals surface area contributed by atoms with Crippen LogP contribution in [0.4, 0.5) is 5.69 Å². The van der Waals surface area contributed by atoms with E-state index in [4.69, 9.17) is 9.26 Å². The quantitative estimate of drug-likeness (QED) is 0.227. The van der Waals surface area contributed by atoms with Crippen LogP contribution in [0.5, 0.6) is 0 Å². The van der Waals surface area contributed by atoms with E-state index >= 15 is 0 Å². The molecule has 10 heteroatoms. The maximum absolute atomic E-state index is 13.5. The standard InChI is InChI=1S/C28H26N4O6/c1-3-37-25(33)16-32-15-22(26(34)28(36)31-11-10-18-6-4-5-7-19(18)14-31)21-13-20(8-9-24(21)32)29-27(35)23-12-17(2)38-30-23/h4-9,12-13,15H,3,10-11,14,16H2,1-2H3,(H,29,35). The highest BCUT2D eigenvalue weighted by Gasteiger charge is 2.29. The molecule has 1 aliphatic rings. The number of rotatable bonds is 7. The largest absolute Gasteiger partial charge is 0.465 e. The summed E-state index contributed by atoms with van der Waals surface area (Å²) in [6.07, 6.45) is 2.16. The number of Topliss-reactive ketones (excluding diaryl/α,β-unsaturated/α-hetero) is 1. The highest BCUT2D eigenvalue weighted by Crippen LogP contribution is 2.27. The lowest BCUT2D eigenvalue weighted by Gasteiger charge is -2.28. The number of carbonyl (C=O) groups is 4. The minimum absolute atomic E-state index is 0.110. The number of nitrogens with one attached hydrogen (secondary N) is 1. The number of ketones is 1. The number of anilines is 1. The molecule has 0 aliphatic carbocycles. The molecule has 5 rings (SSSR count). The van der Waals surface area contributed by atoms with E-state index in [9.17, 15) is 19.2 Å². The summed E-state index contributed by atoms with van der Waals surface area (Å²) in [5, 5.41) is 6.88. The number of ether oxygens (including phenoxy) is 1. The van der Waals surface area contributed by atoms with Crippen molar-refractivity contribution in [2.24, 2.45) is 0 Å². The van der Waals surface area contributed by atoms with Crippen LogP contribution in [0, 0.1) is 6.92 Å². The lowest BCUT2D eigenvalue weighted by Crippen LogP contribution is -2.40. The molecule has 0 saturated carbocycles. The molecular weight excluding hydrogens is 488 g/mol. The number of nitrogens with zero attached hydrogens (tertiary/aromatic N) is 3. The zero-order valence-electron chi connectivity index (χ0n) is 21.0. The van der Waals surface area contributed by atoms with Gasteiger partial charge >= 0.3 is 5.97 Å². The molecule has 3 heterocycles. The smallest absolute Gasteiger partial charge is 0.325 e. The van der Waals surface area contributed by atoms with Crippen LogP contribution in [0.1, 0.15) is 44.7 Å². The van der Waals surface area contributed by atoms with E-state index in [1.807, 2.05) is 24.3 Å². The number of hydrogen-bond acceptors (Lipinski definition) is 7. The zero-order valence-corrected chi connectivity index (χ0v) is 21.0. The van der Waals surface area contributed by atoms with Crippen molar-refractivity contribution >= 4 is 40.2 Å². The predicted octanol–water partition coefficient (Wildman–Crippen LogP) is 3.52. The minimum atomic E-state index is -0.687. The Labute approximate surface area is 218 Å². The second-order valence-electron chi connectivity index (χ2n) is 9.06. The van der Waals surface area contributed by atoms with Gasteiger partial charge in [-0.05, 0) is 49.6 Å². The lowest BCUT2D eigenvalue weighted by molar-refractivity contribution is -0.143. The number of hydrogen-bond donors (Lipinski definition) is 1. The maximum atomic E-state index is 13.5. The van der Waals surface area contributed by atoms with Gasteiger partial charge in [-0.25, -0.2) is 0 Å². The number of carbonyl (C=O) groups excluding carboxylic acids is 4. The summed E-state index contributed by atoms with van der Waals surface area (Å²) in [5.41, 5.74) is 3.37. The molecule has 0 spiro atoms. The van der Waals surface area contributed by atoms with Gasteiger partial charge in [-0.15, -0.1) is 0 Å². The summed E-state index contributed by atoms with van der Waals surface area (Å²) in [5.74, 6) is -1.77. The van der Waals surface area contributed by atoms with E-state index in [1.54, 1.807) is 36.6 Å². The summed E-state index contributed by atoms with van der Waals surface area (Å²) < 4.78 is 11.6. The van der Waals surface area contributed by atoms with Gasteiger partial charge in [0.1, 0.15) is 12.3 Å². The fraction of sp³-hybridized carbons (Fsp3) is 0.250. The summed E-state index contributed by atoms with van der Waals surface area (Å²) in [6, 6.07) is 14.3. The predicted molar refractivity (Wildman–Crippen MR) is 138 cm³/mol. The lowest BCUT2D eigenvalue weighted by atomic mass is 9.99. The fourth-order valence-corrected chi connectivity index (χ4v) is 4.63. The molecule has 194 valence electrons. The van der Waals surface area contributed by atoms with Crippen molar-refractivity contribution < 1.29 is 28.4 Å². The molecule has 0 saturated heterocycles. The SMILES string of the molecule is CCOC(=O)Cn1cc(C(=O)C(=O)N2CCc3ccccc3C2)c2cc(NC(=O)c3cc(C)on3)ccc21. The van der Waals surface area contributed by atoms with Gasteiger partial charge in [0.2, 0.25) is 0 Å². The molecule has 2 amide bonds. The van der Waals surface area contributed by atoms with Crippen LogP contribution in [0.3, 0.4) is 0 Å². The average molecular weight is 515 g/mol. The van der Waals surface area contributed by atoms with E-state index in [0.29, 0.717) is 41.9 Å². The number of aryl methyl sites for hydroxylation is 1. The van der Waals surface area contributed by atoms with Gasteiger partial charge in [0.15, 0.2) is 5.69 Å². The second-order valence-corrected chi connectivity index (χ2v) is 9.06. The number of benzene rings is 2. The monoisotopic (exact) mass is 514 g/mol. The molecule has 4 aromatic rings. The first-order valence-corrected chi connectivity index (χ1v) is 12.3. The van der Waals surface area contributed by atoms with Crippen LogP contribution in [0.25, 0.3) is 10.9 Å². The third-order valence-electron chi connectivity index (χ3n) is 6.46. The van der Waals surface area contributed by atoms with Gasteiger partial charge in [-0.1, -0.05) is 29.4 Å². The molecule has 1 aliphatic heterocycles. The van der Waals surface area contributed by atoms with Crippen molar-refractivity contribution in [3.63, 3.8) is 0 Å². The third kappa shape index (κ3) is 4.93. The van der Waals surface area contributed by atoms with Crippen LogP contribution in [0.2, 0.25) is 0 Å². The summed E-state index contributed by atoms with van der Waals surface area (Å²) in [4.78, 5) is 53.2. The highest BCUT2D eigenvalue weighted by atomic mass is 16.5. The number of aromatic nitrogens is 2. The molecule has 0 radical (unpaired) electrons. The Balaban J connectivity index is 1.47. The molecule has 1 N–H and O–H groups in total. The first-order chi connectivity index (χ1) is 18.3. The number of amides is 2. The molecule has 0 unspecified atom stereocenters. The van der Waals surface area contributed by atoms with Gasteiger partial charge in [0.05, 0.1) is 12.2 Å². The van der Waals surface area contributed by atoms with Crippen LogP contribution < -0.4 is 5.32 Å². The Morgan fingerprint density at radius 3 is 2.61 bits per heavy atom. The minimum Gasteiger partial charge on any atom is -0.465 e. The van der Waals surface area contributed by atoms with E-state index in [0.717, 1.165) is 11.1 Å². The highest BCUT2D eigenvalue weighted by molar-refractivity contribution is 6.45. The molecule has 38 heavy (non-hydrogen) atoms. The summed E-state index contributed by atoms with van der Waals surface area (Å²) in [7, 11) is 0. The van der Waals surface area contributed by atoms with Crippen molar-refractivity contribution in [2.75, 3.05) is 18.5 Å².